The van der Waals surface area contributed by atoms with Crippen LogP contribution in [0.4, 0.5) is 0 Å². The third-order valence-electron chi connectivity index (χ3n) is 3.44. The number of nitrogens with zero attached hydrogens (tertiary/aromatic N) is 1. The molecule has 0 heterocycles. The molecule has 0 aliphatic rings. The fourth-order valence-corrected chi connectivity index (χ4v) is 2.54. The number of hydrazone groups is 1. The maximum atomic E-state index is 12.1. The lowest BCUT2D eigenvalue weighted by atomic mass is 9.87. The Balaban J connectivity index is 2.08. The van der Waals surface area contributed by atoms with E-state index in [0.29, 0.717) is 16.1 Å². The zero-order chi connectivity index (χ0) is 17.9. The monoisotopic (exact) mass is 364 g/mol. The van der Waals surface area contributed by atoms with Crippen molar-refractivity contribution in [2.45, 2.75) is 26.2 Å². The lowest BCUT2D eigenvalue weighted by molar-refractivity contribution is 0.0955. The second-order valence-corrected chi connectivity index (χ2v) is 7.20. The van der Waals surface area contributed by atoms with Gasteiger partial charge >= 0.3 is 0 Å². The van der Waals surface area contributed by atoms with Crippen molar-refractivity contribution in [3.05, 3.63) is 63.1 Å². The molecule has 4 nitrogen and oxygen atoms in total. The summed E-state index contributed by atoms with van der Waals surface area (Å²) in [6, 6.07) is 10.3. The molecule has 0 saturated heterocycles. The Morgan fingerprint density at radius 2 is 1.79 bits per heavy atom. The molecule has 2 aromatic carbocycles. The van der Waals surface area contributed by atoms with Crippen LogP contribution in [0.2, 0.25) is 10.0 Å². The minimum Gasteiger partial charge on any atom is -0.506 e. The van der Waals surface area contributed by atoms with Crippen LogP contribution in [0.1, 0.15) is 42.3 Å². The molecule has 2 rings (SSSR count). The zero-order valence-electron chi connectivity index (χ0n) is 13.6. The maximum Gasteiger partial charge on any atom is 0.271 e. The second-order valence-electron chi connectivity index (χ2n) is 6.35. The number of halogens is 2. The third kappa shape index (κ3) is 4.49. The number of phenols is 1. The second kappa shape index (κ2) is 7.24. The summed E-state index contributed by atoms with van der Waals surface area (Å²) in [5, 5.41) is 14.1. The quantitative estimate of drug-likeness (QED) is 0.609. The molecule has 0 aromatic heterocycles. The molecule has 0 fully saturated rings. The molecule has 0 spiro atoms. The number of aromatic hydroxyl groups is 1. The third-order valence-corrected chi connectivity index (χ3v) is 3.95. The first kappa shape index (κ1) is 18.3. The first-order chi connectivity index (χ1) is 11.2. The molecule has 0 unspecified atom stereocenters. The van der Waals surface area contributed by atoms with Gasteiger partial charge < -0.3 is 5.11 Å². The van der Waals surface area contributed by atoms with Crippen LogP contribution in [-0.4, -0.2) is 17.2 Å². The summed E-state index contributed by atoms with van der Waals surface area (Å²) in [5.41, 5.74) is 4.38. The van der Waals surface area contributed by atoms with Gasteiger partial charge in [-0.1, -0.05) is 56.1 Å². The van der Waals surface area contributed by atoms with Crippen molar-refractivity contribution < 1.29 is 9.90 Å². The van der Waals surface area contributed by atoms with E-state index in [0.717, 1.165) is 5.56 Å². The Labute approximate surface area is 151 Å². The summed E-state index contributed by atoms with van der Waals surface area (Å²) < 4.78 is 0. The van der Waals surface area contributed by atoms with Gasteiger partial charge in [-0.05, 0) is 35.2 Å². The highest BCUT2D eigenvalue weighted by molar-refractivity contribution is 6.36. The highest BCUT2D eigenvalue weighted by Crippen LogP contribution is 2.30. The van der Waals surface area contributed by atoms with Crippen molar-refractivity contribution in [3.63, 3.8) is 0 Å². The highest BCUT2D eigenvalue weighted by atomic mass is 35.5. The van der Waals surface area contributed by atoms with E-state index >= 15 is 0 Å². The number of carbonyl (C=O) groups is 1. The molecular weight excluding hydrogens is 347 g/mol. The van der Waals surface area contributed by atoms with E-state index in [1.807, 2.05) is 12.1 Å². The van der Waals surface area contributed by atoms with E-state index < -0.39 is 0 Å². The molecule has 0 atom stereocenters. The van der Waals surface area contributed by atoms with Gasteiger partial charge in [0.05, 0.1) is 11.2 Å². The van der Waals surface area contributed by atoms with Crippen LogP contribution in [0.5, 0.6) is 5.75 Å². The Morgan fingerprint density at radius 3 is 2.38 bits per heavy atom. The average Bonchev–Trinajstić information content (AvgIpc) is 2.51. The lowest BCUT2D eigenvalue weighted by Crippen LogP contribution is -2.18. The van der Waals surface area contributed by atoms with Crippen molar-refractivity contribution >= 4 is 35.3 Å². The summed E-state index contributed by atoms with van der Waals surface area (Å²) in [7, 11) is 0. The minimum absolute atomic E-state index is 0.0243. The van der Waals surface area contributed by atoms with Crippen LogP contribution >= 0.6 is 23.2 Å². The van der Waals surface area contributed by atoms with Crippen molar-refractivity contribution in [3.8, 4) is 5.75 Å². The molecule has 0 bridgehead atoms. The summed E-state index contributed by atoms with van der Waals surface area (Å²) in [6.07, 6.45) is 1.29. The van der Waals surface area contributed by atoms with Crippen molar-refractivity contribution in [2.24, 2.45) is 5.10 Å². The molecule has 1 amide bonds. The Kier molecular flexibility index (Phi) is 5.52. The molecule has 0 aliphatic carbocycles. The number of rotatable bonds is 3. The van der Waals surface area contributed by atoms with Crippen LogP contribution in [0.15, 0.2) is 41.5 Å². The molecule has 0 aliphatic heterocycles. The van der Waals surface area contributed by atoms with E-state index in [-0.39, 0.29) is 22.1 Å². The van der Waals surface area contributed by atoms with Crippen molar-refractivity contribution in [2.75, 3.05) is 0 Å². The molecule has 126 valence electrons. The number of amides is 1. The van der Waals surface area contributed by atoms with Crippen LogP contribution in [0.3, 0.4) is 0 Å². The highest BCUT2D eigenvalue weighted by Gasteiger charge is 2.14. The predicted octanol–water partition coefficient (Wildman–Crippen LogP) is 4.76. The van der Waals surface area contributed by atoms with Gasteiger partial charge in [-0.25, -0.2) is 5.43 Å². The van der Waals surface area contributed by atoms with Crippen LogP contribution in [0, 0.1) is 0 Å². The molecule has 0 saturated carbocycles. The van der Waals surface area contributed by atoms with Crippen molar-refractivity contribution in [1.82, 2.24) is 5.43 Å². The van der Waals surface area contributed by atoms with Gasteiger partial charge in [0.1, 0.15) is 5.75 Å². The summed E-state index contributed by atoms with van der Waals surface area (Å²) in [6.45, 7) is 6.32. The number of hydrogen-bond donors (Lipinski definition) is 2. The number of hydrogen-bond acceptors (Lipinski definition) is 3. The maximum absolute atomic E-state index is 12.1. The van der Waals surface area contributed by atoms with Gasteiger partial charge in [0, 0.05) is 16.1 Å². The van der Waals surface area contributed by atoms with E-state index in [9.17, 15) is 9.90 Å². The summed E-state index contributed by atoms with van der Waals surface area (Å²) in [5.74, 6) is -0.493. The molecule has 2 N–H and O–H groups in total. The van der Waals surface area contributed by atoms with Crippen LogP contribution in [0.25, 0.3) is 0 Å². The van der Waals surface area contributed by atoms with Gasteiger partial charge in [-0.15, -0.1) is 0 Å². The SMILES string of the molecule is CC(C)(C)c1ccc(C(=O)NN=Cc2cc(Cl)cc(Cl)c2O)cc1. The minimum atomic E-state index is -0.348. The predicted molar refractivity (Wildman–Crippen MR) is 98.3 cm³/mol. The lowest BCUT2D eigenvalue weighted by Gasteiger charge is -2.18. The van der Waals surface area contributed by atoms with Crippen LogP contribution < -0.4 is 5.43 Å². The number of phenolic OH excluding ortho intramolecular Hbond substituents is 1. The van der Waals surface area contributed by atoms with Gasteiger partial charge in [0.15, 0.2) is 0 Å². The molecule has 6 heteroatoms. The zero-order valence-corrected chi connectivity index (χ0v) is 15.1. The molecule has 0 radical (unpaired) electrons. The van der Waals surface area contributed by atoms with Gasteiger partial charge in [-0.3, -0.25) is 4.79 Å². The van der Waals surface area contributed by atoms with Crippen LogP contribution in [-0.2, 0) is 5.41 Å². The van der Waals surface area contributed by atoms with E-state index in [1.54, 1.807) is 12.1 Å². The number of nitrogens with one attached hydrogen (secondary N) is 1. The standard InChI is InChI=1S/C18H18Cl2N2O2/c1-18(2,3)13-6-4-11(5-7-13)17(24)22-21-10-12-8-14(19)9-15(20)16(12)23/h4-10,23H,1-3H3,(H,22,24). The summed E-state index contributed by atoms with van der Waals surface area (Å²) >= 11 is 11.7. The van der Waals surface area contributed by atoms with E-state index in [2.05, 4.69) is 31.3 Å². The first-order valence-corrected chi connectivity index (χ1v) is 8.06. The fourth-order valence-electron chi connectivity index (χ4n) is 2.03. The van der Waals surface area contributed by atoms with Gasteiger partial charge in [0.2, 0.25) is 0 Å². The topological polar surface area (TPSA) is 61.7 Å². The van der Waals surface area contributed by atoms with E-state index in [4.69, 9.17) is 23.2 Å². The number of benzene rings is 2. The van der Waals surface area contributed by atoms with Gasteiger partial charge in [0.25, 0.3) is 5.91 Å². The smallest absolute Gasteiger partial charge is 0.271 e. The molecule has 24 heavy (non-hydrogen) atoms. The Hall–Kier alpha value is -2.04. The first-order valence-electron chi connectivity index (χ1n) is 7.30. The molecular formula is C18H18Cl2N2O2. The van der Waals surface area contributed by atoms with Crippen molar-refractivity contribution in [1.29, 1.82) is 0 Å². The number of carbonyl (C=O) groups excluding carboxylic acids is 1. The fraction of sp³-hybridized carbons (Fsp3) is 0.222. The molecule has 2 aromatic rings. The summed E-state index contributed by atoms with van der Waals surface area (Å²) in [4.78, 5) is 12.1. The normalized spacial score (nSPS) is 11.7. The largest absolute Gasteiger partial charge is 0.506 e. The van der Waals surface area contributed by atoms with Gasteiger partial charge in [-0.2, -0.15) is 5.10 Å². The van der Waals surface area contributed by atoms with E-state index in [1.165, 1.54) is 18.3 Å². The Bertz CT molecular complexity index is 779. The Morgan fingerprint density at radius 1 is 1.17 bits per heavy atom. The average molecular weight is 365 g/mol.